The number of rotatable bonds is 7. The van der Waals surface area contributed by atoms with Gasteiger partial charge in [0.25, 0.3) is 0 Å². The summed E-state index contributed by atoms with van der Waals surface area (Å²) in [6.07, 6.45) is 11.7. The van der Waals surface area contributed by atoms with E-state index in [1.807, 2.05) is 0 Å². The van der Waals surface area contributed by atoms with Gasteiger partial charge >= 0.3 is 0 Å². The Morgan fingerprint density at radius 1 is 0.579 bits per heavy atom. The molecule has 0 saturated carbocycles. The average Bonchev–Trinajstić information content (AvgIpc) is 2.94. The first kappa shape index (κ1) is 17.5. The smallest absolute Gasteiger partial charge is 0.0786 e. The van der Waals surface area contributed by atoms with Gasteiger partial charge in [0.05, 0.1) is 53.4 Å². The van der Waals surface area contributed by atoms with Crippen molar-refractivity contribution >= 4 is 0 Å². The second kappa shape index (κ2) is 7.99. The minimum absolute atomic E-state index is 0. The van der Waals surface area contributed by atoms with E-state index in [9.17, 15) is 0 Å². The third kappa shape index (κ3) is 5.73. The fraction of sp³-hybridized carbons (Fsp3) is 1.00. The van der Waals surface area contributed by atoms with Crippen molar-refractivity contribution in [1.29, 1.82) is 0 Å². The van der Waals surface area contributed by atoms with Crippen LogP contribution in [0.25, 0.3) is 0 Å². The summed E-state index contributed by atoms with van der Waals surface area (Å²) in [5.74, 6) is 0. The summed E-state index contributed by atoms with van der Waals surface area (Å²) >= 11 is 0. The average molecular weight is 334 g/mol. The zero-order chi connectivity index (χ0) is 12.9. The Morgan fingerprint density at radius 2 is 0.895 bits per heavy atom. The van der Waals surface area contributed by atoms with Crippen LogP contribution >= 0.6 is 0 Å². The molecule has 0 radical (unpaired) electrons. The van der Waals surface area contributed by atoms with Crippen molar-refractivity contribution in [2.45, 2.75) is 51.4 Å². The van der Waals surface area contributed by atoms with Crippen molar-refractivity contribution in [2.24, 2.45) is 0 Å². The molecule has 114 valence electrons. The van der Waals surface area contributed by atoms with Crippen LogP contribution in [0.3, 0.4) is 0 Å². The predicted molar refractivity (Wildman–Crippen MR) is 78.5 cm³/mol. The molecule has 0 bridgehead atoms. The summed E-state index contributed by atoms with van der Waals surface area (Å²) in [6, 6.07) is 0. The molecule has 0 N–H and O–H groups in total. The molecule has 2 nitrogen and oxygen atoms in total. The molecule has 0 amide bonds. The summed E-state index contributed by atoms with van der Waals surface area (Å²) in [5.41, 5.74) is 0. The maximum Gasteiger partial charge on any atom is 0.0786 e. The van der Waals surface area contributed by atoms with Crippen molar-refractivity contribution in [2.75, 3.05) is 53.4 Å². The molecule has 2 heterocycles. The van der Waals surface area contributed by atoms with E-state index in [2.05, 4.69) is 14.1 Å². The summed E-state index contributed by atoms with van der Waals surface area (Å²) < 4.78 is 2.74. The first-order valence-corrected chi connectivity index (χ1v) is 8.29. The Morgan fingerprint density at radius 3 is 1.21 bits per heavy atom. The standard InChI is InChI=1S/C16H34N2.BrH/c1-17(13-7-8-14-17)11-5-3-4-6-12-18(2)15-9-10-16-18;/h3-16H2,1-2H3;1H/q+2;/p-1. The van der Waals surface area contributed by atoms with E-state index < -0.39 is 0 Å². The highest BCUT2D eigenvalue weighted by molar-refractivity contribution is 4.54. The summed E-state index contributed by atoms with van der Waals surface area (Å²) in [7, 11) is 4.92. The number of halogens is 1. The number of hydrogen-bond acceptors (Lipinski definition) is 0. The van der Waals surface area contributed by atoms with E-state index in [0.29, 0.717) is 0 Å². The van der Waals surface area contributed by atoms with Gasteiger partial charge in [0.2, 0.25) is 0 Å². The molecule has 2 saturated heterocycles. The summed E-state index contributed by atoms with van der Waals surface area (Å²) in [6.45, 7) is 8.63. The lowest BCUT2D eigenvalue weighted by Gasteiger charge is -2.30. The number of unbranched alkanes of at least 4 members (excludes halogenated alkanes) is 3. The normalized spacial score (nSPS) is 24.3. The molecule has 2 rings (SSSR count). The maximum atomic E-state index is 2.46. The Balaban J connectivity index is 0.00000180. The van der Waals surface area contributed by atoms with Crippen LogP contribution in [-0.4, -0.2) is 62.3 Å². The molecule has 2 fully saturated rings. The fourth-order valence-corrected chi connectivity index (χ4v) is 3.99. The second-order valence-electron chi connectivity index (χ2n) is 7.41. The quantitative estimate of drug-likeness (QED) is 0.455. The largest absolute Gasteiger partial charge is 1.00 e. The predicted octanol–water partition coefficient (Wildman–Crippen LogP) is 0.0316. The highest BCUT2D eigenvalue weighted by Crippen LogP contribution is 2.19. The minimum Gasteiger partial charge on any atom is -1.00 e. The molecule has 3 heteroatoms. The molecular weight excluding hydrogens is 300 g/mol. The topological polar surface area (TPSA) is 0 Å². The molecule has 0 atom stereocenters. The lowest BCUT2D eigenvalue weighted by molar-refractivity contribution is -0.898. The van der Waals surface area contributed by atoms with Gasteiger partial charge in [0.1, 0.15) is 0 Å². The molecule has 2 aliphatic rings. The van der Waals surface area contributed by atoms with Gasteiger partial charge in [0.15, 0.2) is 0 Å². The third-order valence-electron chi connectivity index (χ3n) is 5.44. The monoisotopic (exact) mass is 333 g/mol. The molecule has 0 unspecified atom stereocenters. The van der Waals surface area contributed by atoms with Crippen molar-refractivity contribution in [3.63, 3.8) is 0 Å². The molecule has 2 aliphatic heterocycles. The molecule has 0 aromatic heterocycles. The number of nitrogens with zero attached hydrogens (tertiary/aromatic N) is 2. The molecule has 0 aliphatic carbocycles. The lowest BCUT2D eigenvalue weighted by Crippen LogP contribution is -3.00. The van der Waals surface area contributed by atoms with Crippen LogP contribution in [0.5, 0.6) is 0 Å². The maximum absolute atomic E-state index is 2.46. The highest BCUT2D eigenvalue weighted by atomic mass is 79.9. The molecule has 0 aromatic rings. The van der Waals surface area contributed by atoms with Gasteiger partial charge in [-0.15, -0.1) is 0 Å². The van der Waals surface area contributed by atoms with E-state index in [1.54, 1.807) is 0 Å². The lowest BCUT2D eigenvalue weighted by atomic mass is 10.1. The third-order valence-corrected chi connectivity index (χ3v) is 5.44. The fourth-order valence-electron chi connectivity index (χ4n) is 3.99. The molecule has 0 aromatic carbocycles. The summed E-state index contributed by atoms with van der Waals surface area (Å²) in [5, 5.41) is 0. The molecule has 0 spiro atoms. The van der Waals surface area contributed by atoms with Crippen molar-refractivity contribution in [1.82, 2.24) is 0 Å². The van der Waals surface area contributed by atoms with E-state index in [1.165, 1.54) is 99.6 Å². The van der Waals surface area contributed by atoms with Crippen LogP contribution in [-0.2, 0) is 0 Å². The van der Waals surface area contributed by atoms with Gasteiger partial charge in [0, 0.05) is 25.7 Å². The van der Waals surface area contributed by atoms with Gasteiger partial charge < -0.3 is 25.9 Å². The Hall–Kier alpha value is 0.400. The van der Waals surface area contributed by atoms with Gasteiger partial charge in [-0.05, 0) is 25.7 Å². The van der Waals surface area contributed by atoms with E-state index >= 15 is 0 Å². The van der Waals surface area contributed by atoms with Crippen LogP contribution in [0.4, 0.5) is 0 Å². The molecular formula is C16H34BrN2+. The summed E-state index contributed by atoms with van der Waals surface area (Å²) in [4.78, 5) is 0. The zero-order valence-corrected chi connectivity index (χ0v) is 14.8. The van der Waals surface area contributed by atoms with Crippen molar-refractivity contribution in [3.05, 3.63) is 0 Å². The van der Waals surface area contributed by atoms with Crippen LogP contribution in [0.2, 0.25) is 0 Å². The van der Waals surface area contributed by atoms with Gasteiger partial charge in [-0.1, -0.05) is 0 Å². The van der Waals surface area contributed by atoms with Gasteiger partial charge in [-0.3, -0.25) is 0 Å². The van der Waals surface area contributed by atoms with E-state index in [0.717, 1.165) is 0 Å². The highest BCUT2D eigenvalue weighted by Gasteiger charge is 2.27. The first-order valence-electron chi connectivity index (χ1n) is 8.29. The molecule has 19 heavy (non-hydrogen) atoms. The Labute approximate surface area is 131 Å². The first-order chi connectivity index (χ1) is 8.62. The Bertz CT molecular complexity index is 217. The number of hydrogen-bond donors (Lipinski definition) is 0. The Kier molecular flexibility index (Phi) is 7.34. The van der Waals surface area contributed by atoms with Gasteiger partial charge in [-0.2, -0.15) is 0 Å². The van der Waals surface area contributed by atoms with Gasteiger partial charge in [-0.25, -0.2) is 0 Å². The van der Waals surface area contributed by atoms with E-state index in [-0.39, 0.29) is 17.0 Å². The van der Waals surface area contributed by atoms with Crippen LogP contribution < -0.4 is 17.0 Å². The van der Waals surface area contributed by atoms with Crippen molar-refractivity contribution < 1.29 is 25.9 Å². The van der Waals surface area contributed by atoms with Crippen LogP contribution in [0, 0.1) is 0 Å². The van der Waals surface area contributed by atoms with E-state index in [4.69, 9.17) is 0 Å². The van der Waals surface area contributed by atoms with Crippen LogP contribution in [0.15, 0.2) is 0 Å². The zero-order valence-electron chi connectivity index (χ0n) is 13.2. The number of quaternary nitrogens is 2. The minimum atomic E-state index is 0. The number of likely N-dealkylation sites (tertiary alicyclic amines) is 2. The van der Waals surface area contributed by atoms with Crippen LogP contribution in [0.1, 0.15) is 51.4 Å². The SMILES string of the molecule is C[N+]1(CCCCCC[N+]2(C)CCCC2)CCCC1.[Br-]. The second-order valence-corrected chi connectivity index (χ2v) is 7.41. The van der Waals surface area contributed by atoms with Crippen molar-refractivity contribution in [3.8, 4) is 0 Å².